The first kappa shape index (κ1) is 23.0. The summed E-state index contributed by atoms with van der Waals surface area (Å²) < 4.78 is 37.2. The lowest BCUT2D eigenvalue weighted by Gasteiger charge is -2.28. The van der Waals surface area contributed by atoms with Crippen LogP contribution in [0.3, 0.4) is 0 Å². The van der Waals surface area contributed by atoms with Gasteiger partial charge in [-0.1, -0.05) is 11.3 Å². The Morgan fingerprint density at radius 2 is 2.09 bits per heavy atom. The van der Waals surface area contributed by atoms with Gasteiger partial charge >= 0.3 is 0 Å². The van der Waals surface area contributed by atoms with Crippen LogP contribution in [0.1, 0.15) is 12.0 Å². The number of aldehydes is 1. The van der Waals surface area contributed by atoms with E-state index in [1.54, 1.807) is 10.9 Å². The zero-order valence-electron chi connectivity index (χ0n) is 17.5. The van der Waals surface area contributed by atoms with Crippen molar-refractivity contribution < 1.29 is 33.3 Å². The van der Waals surface area contributed by atoms with E-state index >= 15 is 8.78 Å². The molecule has 1 unspecified atom stereocenters. The molecule has 1 aromatic heterocycles. The van der Waals surface area contributed by atoms with Gasteiger partial charge in [0, 0.05) is 37.1 Å². The summed E-state index contributed by atoms with van der Waals surface area (Å²) in [7, 11) is 0. The average Bonchev–Trinajstić information content (AvgIpc) is 3.48. The van der Waals surface area contributed by atoms with Crippen LogP contribution < -0.4 is 4.90 Å². The van der Waals surface area contributed by atoms with Gasteiger partial charge in [-0.3, -0.25) is 9.59 Å². The molecule has 1 amide bonds. The van der Waals surface area contributed by atoms with Crippen molar-refractivity contribution in [1.82, 2.24) is 19.9 Å². The van der Waals surface area contributed by atoms with Crippen molar-refractivity contribution in [3.05, 3.63) is 47.8 Å². The standard InChI is InChI=1S/C21H23F2N5O5/c22-16-7-14(28-10-15(33-19(28)12-30)9-27-6-3-24-25-27)8-17(23)20(16)13-1-4-26(5-2-13)21(32)18(31)11-29/h1,3,6-8,12,15,18-19,29,31H,2,4-5,9-11H2/t15-,18-,19?/m0/s1. The van der Waals surface area contributed by atoms with E-state index in [9.17, 15) is 14.7 Å². The van der Waals surface area contributed by atoms with E-state index in [-0.39, 0.29) is 37.3 Å². The zero-order valence-corrected chi connectivity index (χ0v) is 17.5. The van der Waals surface area contributed by atoms with Crippen molar-refractivity contribution in [1.29, 1.82) is 0 Å². The second kappa shape index (κ2) is 9.73. The average molecular weight is 463 g/mol. The predicted octanol–water partition coefficient (Wildman–Crippen LogP) is -0.0444. The molecule has 12 heteroatoms. The lowest BCUT2D eigenvalue weighted by Crippen LogP contribution is -2.42. The van der Waals surface area contributed by atoms with Crippen LogP contribution >= 0.6 is 0 Å². The monoisotopic (exact) mass is 463 g/mol. The van der Waals surface area contributed by atoms with Crippen LogP contribution in [0, 0.1) is 11.6 Å². The number of halogens is 2. The number of carbonyl (C=O) groups excluding carboxylic acids is 2. The van der Waals surface area contributed by atoms with E-state index < -0.39 is 42.6 Å². The minimum atomic E-state index is -1.52. The molecule has 2 aliphatic rings. The van der Waals surface area contributed by atoms with Crippen LogP contribution in [-0.2, 0) is 20.9 Å². The second-order valence-corrected chi connectivity index (χ2v) is 7.81. The molecule has 1 fully saturated rings. The number of amides is 1. The molecule has 2 aliphatic heterocycles. The van der Waals surface area contributed by atoms with Gasteiger partial charge in [0.05, 0.1) is 25.5 Å². The number of benzene rings is 1. The normalized spacial score (nSPS) is 21.8. The van der Waals surface area contributed by atoms with Gasteiger partial charge in [0.25, 0.3) is 5.91 Å². The third-order valence-electron chi connectivity index (χ3n) is 5.68. The van der Waals surface area contributed by atoms with Crippen molar-refractivity contribution >= 4 is 23.5 Å². The van der Waals surface area contributed by atoms with Gasteiger partial charge in [-0.25, -0.2) is 13.5 Å². The summed E-state index contributed by atoms with van der Waals surface area (Å²) in [5.41, 5.74) is 0.370. The number of aromatic nitrogens is 3. The van der Waals surface area contributed by atoms with Crippen LogP contribution in [0.5, 0.6) is 0 Å². The summed E-state index contributed by atoms with van der Waals surface area (Å²) >= 11 is 0. The number of aliphatic hydroxyl groups is 2. The quantitative estimate of drug-likeness (QED) is 0.549. The number of anilines is 1. The molecule has 4 rings (SSSR count). The van der Waals surface area contributed by atoms with Gasteiger partial charge in [0.15, 0.2) is 18.6 Å². The molecular formula is C21H23F2N5O5. The van der Waals surface area contributed by atoms with Gasteiger partial charge in [-0.05, 0) is 24.1 Å². The number of hydrogen-bond donors (Lipinski definition) is 2. The predicted molar refractivity (Wildman–Crippen MR) is 111 cm³/mol. The molecule has 0 radical (unpaired) electrons. The van der Waals surface area contributed by atoms with Crippen LogP contribution in [0.15, 0.2) is 30.6 Å². The summed E-state index contributed by atoms with van der Waals surface area (Å²) in [6, 6.07) is 2.31. The van der Waals surface area contributed by atoms with Gasteiger partial charge in [-0.15, -0.1) is 5.10 Å². The van der Waals surface area contributed by atoms with Crippen LogP contribution in [-0.4, -0.2) is 87.0 Å². The lowest BCUT2D eigenvalue weighted by atomic mass is 9.97. The summed E-state index contributed by atoms with van der Waals surface area (Å²) in [4.78, 5) is 26.3. The first-order valence-corrected chi connectivity index (χ1v) is 10.4. The van der Waals surface area contributed by atoms with Crippen molar-refractivity contribution in [2.24, 2.45) is 0 Å². The highest BCUT2D eigenvalue weighted by atomic mass is 19.1. The Bertz CT molecular complexity index is 1020. The first-order chi connectivity index (χ1) is 15.9. The highest BCUT2D eigenvalue weighted by Gasteiger charge is 2.34. The molecule has 3 heterocycles. The molecule has 0 aliphatic carbocycles. The fourth-order valence-corrected chi connectivity index (χ4v) is 4.05. The molecule has 0 saturated carbocycles. The summed E-state index contributed by atoms with van der Waals surface area (Å²) in [5.74, 6) is -2.23. The Labute approximate surface area is 187 Å². The Morgan fingerprint density at radius 3 is 2.67 bits per heavy atom. The smallest absolute Gasteiger partial charge is 0.254 e. The third-order valence-corrected chi connectivity index (χ3v) is 5.68. The summed E-state index contributed by atoms with van der Waals surface area (Å²) in [5, 5.41) is 26.0. The fourth-order valence-electron chi connectivity index (χ4n) is 4.05. The number of nitrogens with zero attached hydrogens (tertiary/aromatic N) is 5. The van der Waals surface area contributed by atoms with E-state index in [0.29, 0.717) is 18.4 Å². The summed E-state index contributed by atoms with van der Waals surface area (Å²) in [6.07, 6.45) is 2.50. The highest BCUT2D eigenvalue weighted by molar-refractivity contribution is 5.82. The Morgan fingerprint density at radius 1 is 1.33 bits per heavy atom. The second-order valence-electron chi connectivity index (χ2n) is 7.81. The molecule has 3 atom stereocenters. The van der Waals surface area contributed by atoms with Crippen molar-refractivity contribution in [2.75, 3.05) is 31.1 Å². The van der Waals surface area contributed by atoms with Gasteiger partial charge in [0.1, 0.15) is 11.6 Å². The Kier molecular flexibility index (Phi) is 6.77. The highest BCUT2D eigenvalue weighted by Crippen LogP contribution is 2.33. The number of hydrogen-bond acceptors (Lipinski definition) is 8. The Balaban J connectivity index is 1.51. The van der Waals surface area contributed by atoms with Crippen molar-refractivity contribution in [3.63, 3.8) is 0 Å². The van der Waals surface area contributed by atoms with Crippen LogP contribution in [0.2, 0.25) is 0 Å². The number of carbonyl (C=O) groups is 2. The maximum absolute atomic E-state index is 15.0. The number of ether oxygens (including phenoxy) is 1. The van der Waals surface area contributed by atoms with E-state index in [2.05, 4.69) is 10.3 Å². The number of rotatable bonds is 7. The van der Waals surface area contributed by atoms with E-state index in [4.69, 9.17) is 9.84 Å². The van der Waals surface area contributed by atoms with Gasteiger partial charge < -0.3 is 24.7 Å². The molecule has 1 aromatic carbocycles. The molecule has 176 valence electrons. The maximum atomic E-state index is 15.0. The van der Waals surface area contributed by atoms with Crippen molar-refractivity contribution in [3.8, 4) is 0 Å². The maximum Gasteiger partial charge on any atom is 0.254 e. The van der Waals surface area contributed by atoms with E-state index in [1.807, 2.05) is 0 Å². The van der Waals surface area contributed by atoms with Gasteiger partial charge in [0.2, 0.25) is 0 Å². The van der Waals surface area contributed by atoms with Crippen LogP contribution in [0.4, 0.5) is 14.5 Å². The lowest BCUT2D eigenvalue weighted by molar-refractivity contribution is -0.141. The van der Waals surface area contributed by atoms with Crippen molar-refractivity contribution in [2.45, 2.75) is 31.4 Å². The molecule has 0 bridgehead atoms. The summed E-state index contributed by atoms with van der Waals surface area (Å²) in [6.45, 7) is 0.0756. The minimum absolute atomic E-state index is 0.0585. The largest absolute Gasteiger partial charge is 0.393 e. The first-order valence-electron chi connectivity index (χ1n) is 10.4. The third kappa shape index (κ3) is 4.77. The van der Waals surface area contributed by atoms with Crippen LogP contribution in [0.25, 0.3) is 5.57 Å². The fraction of sp³-hybridized carbons (Fsp3) is 0.429. The zero-order chi connectivity index (χ0) is 23.5. The topological polar surface area (TPSA) is 121 Å². The number of aliphatic hydroxyl groups excluding tert-OH is 2. The minimum Gasteiger partial charge on any atom is -0.393 e. The molecule has 0 spiro atoms. The SMILES string of the molecule is O=CC1O[C@@H](Cn2ccnn2)CN1c1cc(F)c(C2=CCN(C(=O)[C@@H](O)CO)CC2)c(F)c1. The van der Waals surface area contributed by atoms with E-state index in [0.717, 1.165) is 12.1 Å². The van der Waals surface area contributed by atoms with Gasteiger partial charge in [-0.2, -0.15) is 0 Å². The molecule has 2 N–H and O–H groups in total. The Hall–Kier alpha value is -3.22. The van der Waals surface area contributed by atoms with E-state index in [1.165, 1.54) is 22.1 Å². The molecule has 33 heavy (non-hydrogen) atoms. The molecule has 1 saturated heterocycles. The molecule has 2 aromatic rings. The molecule has 10 nitrogen and oxygen atoms in total. The molecular weight excluding hydrogens is 440 g/mol.